The molecule has 2 aromatic rings. The minimum absolute atomic E-state index is 0.0149. The van der Waals surface area contributed by atoms with E-state index >= 15 is 0 Å². The number of aromatic nitrogens is 1. The number of nitrogens with zero attached hydrogens (tertiary/aromatic N) is 3. The number of nitrogens with one attached hydrogen (secondary N) is 1. The van der Waals surface area contributed by atoms with Crippen molar-refractivity contribution in [2.45, 2.75) is 43.9 Å². The minimum atomic E-state index is -4.81. The van der Waals surface area contributed by atoms with Gasteiger partial charge in [-0.3, -0.25) is 4.31 Å². The van der Waals surface area contributed by atoms with Crippen LogP contribution in [0.25, 0.3) is 0 Å². The Morgan fingerprint density at radius 3 is 2.56 bits per heavy atom. The van der Waals surface area contributed by atoms with Crippen LogP contribution in [-0.4, -0.2) is 63.4 Å². The van der Waals surface area contributed by atoms with Crippen molar-refractivity contribution in [2.75, 3.05) is 42.1 Å². The predicted octanol–water partition coefficient (Wildman–Crippen LogP) is 3.64. The maximum atomic E-state index is 14.0. The lowest BCUT2D eigenvalue weighted by atomic mass is 9.82. The largest absolute Gasteiger partial charge is 0.474 e. The highest BCUT2D eigenvalue weighted by Gasteiger charge is 2.46. The Kier molecular flexibility index (Phi) is 7.23. The lowest BCUT2D eigenvalue weighted by Crippen LogP contribution is -2.66. The Balaban J connectivity index is 1.88. The van der Waals surface area contributed by atoms with Crippen molar-refractivity contribution in [2.24, 2.45) is 5.41 Å². The van der Waals surface area contributed by atoms with E-state index in [4.69, 9.17) is 9.84 Å². The van der Waals surface area contributed by atoms with Crippen LogP contribution in [0.3, 0.4) is 0 Å². The van der Waals surface area contributed by atoms with Gasteiger partial charge in [0.2, 0.25) is 5.88 Å². The van der Waals surface area contributed by atoms with E-state index in [2.05, 4.69) is 51.9 Å². The van der Waals surface area contributed by atoms with Crippen LogP contribution >= 0.6 is 15.9 Å². The van der Waals surface area contributed by atoms with Crippen LogP contribution in [0.1, 0.15) is 26.3 Å². The predicted molar refractivity (Wildman–Crippen MR) is 133 cm³/mol. The van der Waals surface area contributed by atoms with E-state index in [0.717, 1.165) is 4.31 Å². The maximum Gasteiger partial charge on any atom is 0.417 e. The number of aliphatic hydroxyl groups excluding tert-OH is 1. The van der Waals surface area contributed by atoms with Crippen molar-refractivity contribution in [3.8, 4) is 5.88 Å². The van der Waals surface area contributed by atoms with Gasteiger partial charge in [-0.25, -0.2) is 13.4 Å². The Morgan fingerprint density at radius 2 is 1.92 bits per heavy atom. The van der Waals surface area contributed by atoms with E-state index < -0.39 is 39.1 Å². The number of anilines is 2. The summed E-state index contributed by atoms with van der Waals surface area (Å²) in [6.45, 7) is 6.78. The molecular weight excluding hydrogens is 565 g/mol. The summed E-state index contributed by atoms with van der Waals surface area (Å²) in [5.41, 5.74) is -0.315. The maximum absolute atomic E-state index is 14.0. The summed E-state index contributed by atoms with van der Waals surface area (Å²) < 4.78 is 75.5. The van der Waals surface area contributed by atoms with Crippen molar-refractivity contribution >= 4 is 37.3 Å². The van der Waals surface area contributed by atoms with Crippen molar-refractivity contribution < 1.29 is 31.4 Å². The highest BCUT2D eigenvalue weighted by atomic mass is 79.9. The second-order valence-electron chi connectivity index (χ2n) is 9.87. The van der Waals surface area contributed by atoms with E-state index in [9.17, 15) is 21.6 Å². The number of piperazine rings is 1. The van der Waals surface area contributed by atoms with Crippen LogP contribution in [-0.2, 0) is 16.2 Å². The number of ether oxygens (including phenoxy) is 1. The molecule has 2 atom stereocenters. The molecule has 4 rings (SSSR count). The van der Waals surface area contributed by atoms with Crippen LogP contribution in [0.5, 0.6) is 5.88 Å². The molecule has 0 aliphatic carbocycles. The number of hydrogen-bond donors (Lipinski definition) is 2. The zero-order valence-corrected chi connectivity index (χ0v) is 22.4. The monoisotopic (exact) mass is 592 g/mol. The summed E-state index contributed by atoms with van der Waals surface area (Å²) in [5, 5.41) is 12.5. The van der Waals surface area contributed by atoms with Gasteiger partial charge >= 0.3 is 6.18 Å². The average Bonchev–Trinajstić information content (AvgIpc) is 2.80. The van der Waals surface area contributed by atoms with Crippen molar-refractivity contribution in [3.63, 3.8) is 0 Å². The van der Waals surface area contributed by atoms with Crippen LogP contribution in [0.15, 0.2) is 39.8 Å². The molecule has 198 valence electrons. The molecule has 13 heteroatoms. The molecule has 1 saturated heterocycles. The van der Waals surface area contributed by atoms with E-state index in [1.165, 1.54) is 0 Å². The number of alkyl halides is 3. The molecule has 2 aliphatic rings. The summed E-state index contributed by atoms with van der Waals surface area (Å²) in [4.78, 5) is 5.16. The second-order valence-corrected chi connectivity index (χ2v) is 12.6. The lowest BCUT2D eigenvalue weighted by molar-refractivity contribution is -0.138. The first-order chi connectivity index (χ1) is 16.7. The van der Waals surface area contributed by atoms with Crippen LogP contribution < -0.4 is 19.3 Å². The molecule has 0 amide bonds. The van der Waals surface area contributed by atoms with Gasteiger partial charge in [0.15, 0.2) is 4.90 Å². The molecule has 1 aromatic carbocycles. The molecule has 1 unspecified atom stereocenters. The van der Waals surface area contributed by atoms with Gasteiger partial charge in [-0.15, -0.1) is 0 Å². The van der Waals surface area contributed by atoms with Gasteiger partial charge in [-0.2, -0.15) is 13.2 Å². The number of pyridine rings is 1. The van der Waals surface area contributed by atoms with Crippen LogP contribution in [0.4, 0.5) is 24.5 Å². The molecule has 0 spiro atoms. The third-order valence-electron chi connectivity index (χ3n) is 6.35. The van der Waals surface area contributed by atoms with Gasteiger partial charge < -0.3 is 20.1 Å². The first-order valence-corrected chi connectivity index (χ1v) is 13.6. The zero-order chi connectivity index (χ0) is 26.5. The Bertz CT molecular complexity index is 1240. The Labute approximate surface area is 216 Å². The van der Waals surface area contributed by atoms with Crippen molar-refractivity contribution in [3.05, 3.63) is 40.5 Å². The van der Waals surface area contributed by atoms with Gasteiger partial charge in [-0.05, 0) is 29.7 Å². The summed E-state index contributed by atoms with van der Waals surface area (Å²) >= 11 is 3.40. The van der Waals surface area contributed by atoms with Gasteiger partial charge in [-0.1, -0.05) is 36.7 Å². The summed E-state index contributed by atoms with van der Waals surface area (Å²) in [6.07, 6.45) is -4.28. The number of fused-ring (bicyclic) bond motifs is 3. The molecule has 0 radical (unpaired) electrons. The van der Waals surface area contributed by atoms with Gasteiger partial charge in [0, 0.05) is 29.8 Å². The Morgan fingerprint density at radius 1 is 1.19 bits per heavy atom. The molecule has 0 bridgehead atoms. The second kappa shape index (κ2) is 9.66. The Hall–Kier alpha value is -2.09. The molecule has 0 saturated carbocycles. The molecule has 2 N–H and O–H groups in total. The molecule has 3 heterocycles. The summed E-state index contributed by atoms with van der Waals surface area (Å²) in [6, 6.07) is 5.63. The van der Waals surface area contributed by atoms with E-state index in [1.807, 2.05) is 12.1 Å². The zero-order valence-electron chi connectivity index (χ0n) is 20.0. The van der Waals surface area contributed by atoms with Crippen LogP contribution in [0.2, 0.25) is 0 Å². The topological polar surface area (TPSA) is 95.0 Å². The molecule has 1 fully saturated rings. The van der Waals surface area contributed by atoms with Gasteiger partial charge in [0.05, 0.1) is 36.1 Å². The smallest absolute Gasteiger partial charge is 0.417 e. The van der Waals surface area contributed by atoms with Crippen molar-refractivity contribution in [1.29, 1.82) is 0 Å². The number of sulfonamides is 1. The molecule has 8 nitrogen and oxygen atoms in total. The van der Waals surface area contributed by atoms with Crippen molar-refractivity contribution in [1.82, 2.24) is 10.3 Å². The first kappa shape index (κ1) is 27.0. The third kappa shape index (κ3) is 5.02. The highest BCUT2D eigenvalue weighted by molar-refractivity contribution is 9.10. The summed E-state index contributed by atoms with van der Waals surface area (Å²) in [5.74, 6) is -0.495. The third-order valence-corrected chi connectivity index (χ3v) is 8.62. The SMILES string of the molecule is CC(C)(C)[C@H]1CNCC2CN(S(=O)(=O)c3cc(C(F)(F)F)cnc3OCCO)c3cc(Br)ccc3N21. The average molecular weight is 593 g/mol. The molecule has 36 heavy (non-hydrogen) atoms. The number of halogens is 4. The highest BCUT2D eigenvalue weighted by Crippen LogP contribution is 2.45. The number of benzene rings is 1. The van der Waals surface area contributed by atoms with E-state index in [0.29, 0.717) is 41.2 Å². The van der Waals surface area contributed by atoms with Gasteiger partial charge in [0.25, 0.3) is 10.0 Å². The van der Waals surface area contributed by atoms with E-state index in [-0.39, 0.29) is 30.7 Å². The fourth-order valence-electron chi connectivity index (χ4n) is 4.65. The fraction of sp³-hybridized carbons (Fsp3) is 0.522. The standard InChI is InChI=1S/C23H28BrF3N4O4S/c1-22(2,3)20-12-28-11-16-13-30(18-9-15(24)4-5-17(18)31(16)20)36(33,34)19-8-14(23(25,26)27)10-29-21(19)35-7-6-32/h4-5,8-10,16,20,28,32H,6-7,11-13H2,1-3H3/t16?,20-/m1/s1. The lowest BCUT2D eigenvalue weighted by Gasteiger charge is -2.54. The first-order valence-electron chi connectivity index (χ1n) is 11.4. The van der Waals surface area contributed by atoms with Crippen LogP contribution in [0, 0.1) is 5.41 Å². The normalized spacial score (nSPS) is 20.7. The molecular formula is C23H28BrF3N4O4S. The quantitative estimate of drug-likeness (QED) is 0.547. The summed E-state index contributed by atoms with van der Waals surface area (Å²) in [7, 11) is -4.55. The molecule has 1 aromatic heterocycles. The fourth-order valence-corrected chi connectivity index (χ4v) is 6.62. The number of hydrogen-bond acceptors (Lipinski definition) is 7. The number of aliphatic hydroxyl groups is 1. The van der Waals surface area contributed by atoms with Gasteiger partial charge in [0.1, 0.15) is 6.61 Å². The minimum Gasteiger partial charge on any atom is -0.474 e. The molecule has 2 aliphatic heterocycles. The number of rotatable bonds is 5. The van der Waals surface area contributed by atoms with E-state index in [1.54, 1.807) is 6.07 Å².